The molecular formula is C16H23N3S. The highest BCUT2D eigenvalue weighted by Crippen LogP contribution is 2.38. The number of hydrogen-bond donors (Lipinski definition) is 1. The minimum absolute atomic E-state index is 0.320. The molecule has 4 heteroatoms. The number of thioether (sulfide) groups is 1. The van der Waals surface area contributed by atoms with Crippen LogP contribution in [-0.4, -0.2) is 21.4 Å². The van der Waals surface area contributed by atoms with Crippen molar-refractivity contribution in [2.24, 2.45) is 10.9 Å². The molecule has 1 spiro atoms. The lowest BCUT2D eigenvalue weighted by Crippen LogP contribution is -2.47. The maximum atomic E-state index is 4.73. The van der Waals surface area contributed by atoms with E-state index >= 15 is 0 Å². The van der Waals surface area contributed by atoms with E-state index in [2.05, 4.69) is 30.2 Å². The number of nitrogens with zero attached hydrogens (tertiary/aromatic N) is 2. The highest BCUT2D eigenvalue weighted by Gasteiger charge is 2.40. The molecule has 1 N–H and O–H groups in total. The largest absolute Gasteiger partial charge is 0.359 e. The summed E-state index contributed by atoms with van der Waals surface area (Å²) in [4.78, 5) is 9.15. The van der Waals surface area contributed by atoms with Gasteiger partial charge in [-0.15, -0.1) is 0 Å². The minimum atomic E-state index is 0.320. The Hall–Kier alpha value is -1.03. The number of aromatic nitrogens is 1. The monoisotopic (exact) mass is 289 g/mol. The summed E-state index contributed by atoms with van der Waals surface area (Å²) < 4.78 is 0. The van der Waals surface area contributed by atoms with Crippen LogP contribution in [0, 0.1) is 12.8 Å². The highest BCUT2D eigenvalue weighted by molar-refractivity contribution is 8.14. The molecule has 0 radical (unpaired) electrons. The van der Waals surface area contributed by atoms with E-state index in [0.717, 1.165) is 16.8 Å². The van der Waals surface area contributed by atoms with Crippen LogP contribution in [0.15, 0.2) is 23.3 Å². The van der Waals surface area contributed by atoms with Gasteiger partial charge in [-0.3, -0.25) is 9.98 Å². The van der Waals surface area contributed by atoms with E-state index in [-0.39, 0.29) is 0 Å². The molecule has 3 nitrogen and oxygen atoms in total. The van der Waals surface area contributed by atoms with Gasteiger partial charge in [0.15, 0.2) is 5.17 Å². The summed E-state index contributed by atoms with van der Waals surface area (Å²) in [5.74, 6) is 2.02. The van der Waals surface area contributed by atoms with Crippen LogP contribution in [0.2, 0.25) is 0 Å². The molecule has 0 aromatic carbocycles. The van der Waals surface area contributed by atoms with Gasteiger partial charge >= 0.3 is 0 Å². The predicted molar refractivity (Wildman–Crippen MR) is 86.1 cm³/mol. The number of aliphatic imine (C=N–C) groups is 1. The molecule has 0 bridgehead atoms. The molecule has 2 atom stereocenters. The highest BCUT2D eigenvalue weighted by atomic mass is 32.2. The molecule has 2 aliphatic rings. The van der Waals surface area contributed by atoms with Crippen molar-refractivity contribution in [3.8, 4) is 0 Å². The molecule has 1 aromatic rings. The van der Waals surface area contributed by atoms with Crippen LogP contribution < -0.4 is 5.32 Å². The summed E-state index contributed by atoms with van der Waals surface area (Å²) in [7, 11) is 0. The fourth-order valence-corrected chi connectivity index (χ4v) is 4.52. The Morgan fingerprint density at radius 3 is 3.25 bits per heavy atom. The van der Waals surface area contributed by atoms with E-state index in [9.17, 15) is 0 Å². The third kappa shape index (κ3) is 3.00. The van der Waals surface area contributed by atoms with Gasteiger partial charge in [0.1, 0.15) is 0 Å². The molecule has 2 unspecified atom stereocenters. The first-order valence-electron chi connectivity index (χ1n) is 7.53. The summed E-state index contributed by atoms with van der Waals surface area (Å²) >= 11 is 1.89. The summed E-state index contributed by atoms with van der Waals surface area (Å²) in [5.41, 5.74) is 2.63. The Morgan fingerprint density at radius 2 is 2.45 bits per heavy atom. The topological polar surface area (TPSA) is 37.3 Å². The number of hydrogen-bond acceptors (Lipinski definition) is 3. The van der Waals surface area contributed by atoms with Gasteiger partial charge in [-0.05, 0) is 37.3 Å². The molecule has 1 saturated carbocycles. The Balaban J connectivity index is 1.65. The van der Waals surface area contributed by atoms with Crippen molar-refractivity contribution in [3.63, 3.8) is 0 Å². The number of amidine groups is 1. The van der Waals surface area contributed by atoms with Crippen LogP contribution in [0.3, 0.4) is 0 Å². The van der Waals surface area contributed by atoms with Crippen molar-refractivity contribution in [2.75, 3.05) is 5.75 Å². The number of pyridine rings is 1. The lowest BCUT2D eigenvalue weighted by Gasteiger charge is -2.36. The van der Waals surface area contributed by atoms with Crippen LogP contribution in [0.25, 0.3) is 0 Å². The number of rotatable bonds is 2. The molecule has 0 amide bonds. The number of aryl methyl sites for hydroxylation is 1. The standard InChI is InChI=1S/C16H23N3S/c1-12-5-3-7-16(9-12)11-20-15(19-16)18-10-14-13(2)6-4-8-17-14/h4,6,8,12H,3,5,7,9-11H2,1-2H3,(H,18,19). The zero-order valence-electron chi connectivity index (χ0n) is 12.4. The fourth-order valence-electron chi connectivity index (χ4n) is 3.33. The lowest BCUT2D eigenvalue weighted by molar-refractivity contribution is 0.242. The maximum Gasteiger partial charge on any atom is 0.157 e. The first-order chi connectivity index (χ1) is 9.67. The van der Waals surface area contributed by atoms with Crippen molar-refractivity contribution >= 4 is 16.9 Å². The van der Waals surface area contributed by atoms with E-state index in [1.165, 1.54) is 37.0 Å². The Labute approximate surface area is 125 Å². The van der Waals surface area contributed by atoms with Gasteiger partial charge in [0.25, 0.3) is 0 Å². The zero-order valence-corrected chi connectivity index (χ0v) is 13.2. The van der Waals surface area contributed by atoms with E-state index in [0.29, 0.717) is 12.1 Å². The van der Waals surface area contributed by atoms with Gasteiger partial charge in [0, 0.05) is 17.5 Å². The lowest BCUT2D eigenvalue weighted by atomic mass is 9.78. The smallest absolute Gasteiger partial charge is 0.157 e. The van der Waals surface area contributed by atoms with Crippen molar-refractivity contribution in [1.29, 1.82) is 0 Å². The second-order valence-corrected chi connectivity index (χ2v) is 7.25. The summed E-state index contributed by atoms with van der Waals surface area (Å²) in [6.45, 7) is 5.16. The SMILES string of the molecule is Cc1cccnc1CN=C1NC2(CCCC(C)C2)CS1. The second-order valence-electron chi connectivity index (χ2n) is 6.28. The molecule has 1 aliphatic carbocycles. The predicted octanol–water partition coefficient (Wildman–Crippen LogP) is 3.53. The van der Waals surface area contributed by atoms with Crippen LogP contribution in [0.4, 0.5) is 0 Å². The quantitative estimate of drug-likeness (QED) is 0.905. The molecule has 20 heavy (non-hydrogen) atoms. The normalized spacial score (nSPS) is 31.7. The Bertz CT molecular complexity index is 514. The fraction of sp³-hybridized carbons (Fsp3) is 0.625. The molecule has 1 aliphatic heterocycles. The van der Waals surface area contributed by atoms with Gasteiger partial charge in [-0.2, -0.15) is 0 Å². The van der Waals surface area contributed by atoms with Gasteiger partial charge in [0.2, 0.25) is 0 Å². The van der Waals surface area contributed by atoms with Gasteiger partial charge < -0.3 is 5.32 Å². The molecule has 3 rings (SSSR count). The van der Waals surface area contributed by atoms with E-state index in [4.69, 9.17) is 4.99 Å². The van der Waals surface area contributed by atoms with Crippen molar-refractivity contribution in [1.82, 2.24) is 10.3 Å². The van der Waals surface area contributed by atoms with Crippen molar-refractivity contribution in [3.05, 3.63) is 29.6 Å². The summed E-state index contributed by atoms with van der Waals surface area (Å²) in [6.07, 6.45) is 7.17. The Morgan fingerprint density at radius 1 is 1.55 bits per heavy atom. The van der Waals surface area contributed by atoms with Crippen LogP contribution >= 0.6 is 11.8 Å². The van der Waals surface area contributed by atoms with E-state index in [1.54, 1.807) is 0 Å². The Kier molecular flexibility index (Phi) is 4.01. The molecule has 108 valence electrons. The van der Waals surface area contributed by atoms with E-state index in [1.807, 2.05) is 24.0 Å². The van der Waals surface area contributed by atoms with Crippen molar-refractivity contribution < 1.29 is 0 Å². The zero-order chi connectivity index (χ0) is 14.0. The van der Waals surface area contributed by atoms with E-state index < -0.39 is 0 Å². The molecule has 1 saturated heterocycles. The number of nitrogens with one attached hydrogen (secondary N) is 1. The van der Waals surface area contributed by atoms with Crippen LogP contribution in [0.1, 0.15) is 43.9 Å². The first kappa shape index (κ1) is 13.9. The third-order valence-corrected chi connectivity index (χ3v) is 5.64. The molecule has 2 fully saturated rings. The molecule has 2 heterocycles. The third-order valence-electron chi connectivity index (χ3n) is 4.44. The van der Waals surface area contributed by atoms with Gasteiger partial charge in [-0.1, -0.05) is 37.6 Å². The average Bonchev–Trinajstić information content (AvgIpc) is 2.80. The van der Waals surface area contributed by atoms with Gasteiger partial charge in [-0.25, -0.2) is 0 Å². The van der Waals surface area contributed by atoms with Gasteiger partial charge in [0.05, 0.1) is 12.2 Å². The second kappa shape index (κ2) is 5.76. The van der Waals surface area contributed by atoms with Crippen molar-refractivity contribution in [2.45, 2.75) is 51.6 Å². The summed E-state index contributed by atoms with van der Waals surface area (Å²) in [6, 6.07) is 4.08. The minimum Gasteiger partial charge on any atom is -0.359 e. The maximum absolute atomic E-state index is 4.73. The van der Waals surface area contributed by atoms with Crippen LogP contribution in [0.5, 0.6) is 0 Å². The molecular weight excluding hydrogens is 266 g/mol. The first-order valence-corrected chi connectivity index (χ1v) is 8.51. The molecule has 1 aromatic heterocycles. The van der Waals surface area contributed by atoms with Crippen LogP contribution in [-0.2, 0) is 6.54 Å². The average molecular weight is 289 g/mol. The summed E-state index contributed by atoms with van der Waals surface area (Å²) in [5, 5.41) is 4.83.